The SMILES string of the molecule is CS(=O)(=O)Cc1nc2ccccc2n1CCOc1ccc(Br)cc1. The molecule has 0 amide bonds. The van der Waals surface area contributed by atoms with E-state index in [1.165, 1.54) is 6.26 Å². The van der Waals surface area contributed by atoms with E-state index in [9.17, 15) is 8.42 Å². The zero-order valence-corrected chi connectivity index (χ0v) is 15.5. The van der Waals surface area contributed by atoms with Crippen LogP contribution in [0.5, 0.6) is 5.75 Å². The van der Waals surface area contributed by atoms with E-state index >= 15 is 0 Å². The molecule has 0 radical (unpaired) electrons. The molecule has 24 heavy (non-hydrogen) atoms. The maximum atomic E-state index is 11.7. The highest BCUT2D eigenvalue weighted by Crippen LogP contribution is 2.19. The largest absolute Gasteiger partial charge is 0.492 e. The van der Waals surface area contributed by atoms with Gasteiger partial charge < -0.3 is 9.30 Å². The summed E-state index contributed by atoms with van der Waals surface area (Å²) in [7, 11) is -3.16. The lowest BCUT2D eigenvalue weighted by Gasteiger charge is -2.10. The fraction of sp³-hybridized carbons (Fsp3) is 0.235. The van der Waals surface area contributed by atoms with Crippen molar-refractivity contribution in [1.29, 1.82) is 0 Å². The molecule has 3 aromatic rings. The standard InChI is InChI=1S/C17H17BrN2O3S/c1-24(21,22)12-17-19-15-4-2-3-5-16(15)20(17)10-11-23-14-8-6-13(18)7-9-14/h2-9H,10-12H2,1H3. The predicted octanol–water partition coefficient (Wildman–Crippen LogP) is 3.42. The second-order valence-electron chi connectivity index (χ2n) is 5.54. The number of fused-ring (bicyclic) bond motifs is 1. The molecule has 5 nitrogen and oxygen atoms in total. The molecule has 1 aromatic heterocycles. The third kappa shape index (κ3) is 4.15. The first-order chi connectivity index (χ1) is 11.4. The molecule has 0 atom stereocenters. The number of hydrogen-bond acceptors (Lipinski definition) is 4. The number of imidazole rings is 1. The van der Waals surface area contributed by atoms with Crippen molar-refractivity contribution in [3.8, 4) is 5.75 Å². The molecular weight excluding hydrogens is 392 g/mol. The summed E-state index contributed by atoms with van der Waals surface area (Å²) in [5, 5.41) is 0. The fourth-order valence-corrected chi connectivity index (χ4v) is 3.46. The molecule has 0 N–H and O–H groups in total. The van der Waals surface area contributed by atoms with Crippen LogP contribution < -0.4 is 4.74 Å². The highest BCUT2D eigenvalue weighted by Gasteiger charge is 2.15. The lowest BCUT2D eigenvalue weighted by molar-refractivity contribution is 0.298. The summed E-state index contributed by atoms with van der Waals surface area (Å²) in [4.78, 5) is 4.46. The monoisotopic (exact) mass is 408 g/mol. The van der Waals surface area contributed by atoms with Gasteiger partial charge in [0.15, 0.2) is 9.84 Å². The number of halogens is 1. The van der Waals surface area contributed by atoms with Gasteiger partial charge in [0.1, 0.15) is 23.9 Å². The zero-order valence-electron chi connectivity index (χ0n) is 13.1. The first-order valence-electron chi connectivity index (χ1n) is 7.42. The minimum absolute atomic E-state index is 0.0834. The average Bonchev–Trinajstić information content (AvgIpc) is 2.85. The Balaban J connectivity index is 1.81. The van der Waals surface area contributed by atoms with Gasteiger partial charge in [-0.2, -0.15) is 0 Å². The first-order valence-corrected chi connectivity index (χ1v) is 10.3. The fourth-order valence-electron chi connectivity index (χ4n) is 2.51. The number of rotatable bonds is 6. The van der Waals surface area contributed by atoms with Gasteiger partial charge in [-0.25, -0.2) is 13.4 Å². The molecule has 0 bridgehead atoms. The summed E-state index contributed by atoms with van der Waals surface area (Å²) in [6.45, 7) is 0.959. The number of para-hydroxylation sites is 2. The van der Waals surface area contributed by atoms with Crippen molar-refractivity contribution >= 4 is 36.8 Å². The molecule has 3 rings (SSSR count). The summed E-state index contributed by atoms with van der Waals surface area (Å²) >= 11 is 3.38. The lowest BCUT2D eigenvalue weighted by atomic mass is 10.3. The van der Waals surface area contributed by atoms with Crippen molar-refractivity contribution in [2.75, 3.05) is 12.9 Å². The van der Waals surface area contributed by atoms with Crippen LogP contribution >= 0.6 is 15.9 Å². The third-order valence-electron chi connectivity index (χ3n) is 3.52. The molecule has 0 aliphatic carbocycles. The van der Waals surface area contributed by atoms with Crippen molar-refractivity contribution in [2.24, 2.45) is 0 Å². The second kappa shape index (κ2) is 6.94. The van der Waals surface area contributed by atoms with Crippen LogP contribution in [-0.2, 0) is 22.1 Å². The zero-order chi connectivity index (χ0) is 17.2. The van der Waals surface area contributed by atoms with Gasteiger partial charge in [0.25, 0.3) is 0 Å². The van der Waals surface area contributed by atoms with Crippen LogP contribution in [0.3, 0.4) is 0 Å². The minimum Gasteiger partial charge on any atom is -0.492 e. The predicted molar refractivity (Wildman–Crippen MR) is 97.9 cm³/mol. The molecule has 0 unspecified atom stereocenters. The van der Waals surface area contributed by atoms with Crippen molar-refractivity contribution in [3.63, 3.8) is 0 Å². The Bertz CT molecular complexity index is 950. The normalized spacial score (nSPS) is 11.8. The number of ether oxygens (including phenoxy) is 1. The van der Waals surface area contributed by atoms with Crippen LogP contribution in [0.15, 0.2) is 53.0 Å². The summed E-state index contributed by atoms with van der Waals surface area (Å²) in [6, 6.07) is 15.2. The Kier molecular flexibility index (Phi) is 4.91. The lowest BCUT2D eigenvalue weighted by Crippen LogP contribution is -2.14. The van der Waals surface area contributed by atoms with E-state index in [0.29, 0.717) is 19.0 Å². The van der Waals surface area contributed by atoms with Gasteiger partial charge in [-0.05, 0) is 36.4 Å². The minimum atomic E-state index is -3.16. The smallest absolute Gasteiger partial charge is 0.154 e. The summed E-state index contributed by atoms with van der Waals surface area (Å²) in [6.07, 6.45) is 1.22. The number of sulfone groups is 1. The molecular formula is C17H17BrN2O3S. The molecule has 7 heteroatoms. The Morgan fingerprint density at radius 2 is 1.83 bits per heavy atom. The first kappa shape index (κ1) is 17.0. The molecule has 0 saturated heterocycles. The van der Waals surface area contributed by atoms with E-state index in [0.717, 1.165) is 21.3 Å². The maximum absolute atomic E-state index is 11.7. The van der Waals surface area contributed by atoms with Crippen LogP contribution in [0.25, 0.3) is 11.0 Å². The molecule has 126 valence electrons. The Labute approximate surface area is 149 Å². The van der Waals surface area contributed by atoms with E-state index in [4.69, 9.17) is 4.74 Å². The van der Waals surface area contributed by atoms with Crippen molar-refractivity contribution in [1.82, 2.24) is 9.55 Å². The van der Waals surface area contributed by atoms with Gasteiger partial charge >= 0.3 is 0 Å². The number of benzene rings is 2. The van der Waals surface area contributed by atoms with Crippen LogP contribution in [0.2, 0.25) is 0 Å². The number of nitrogens with zero attached hydrogens (tertiary/aromatic N) is 2. The van der Waals surface area contributed by atoms with Gasteiger partial charge in [0.2, 0.25) is 0 Å². The van der Waals surface area contributed by atoms with E-state index in [1.54, 1.807) is 0 Å². The van der Waals surface area contributed by atoms with E-state index in [1.807, 2.05) is 53.1 Å². The summed E-state index contributed by atoms with van der Waals surface area (Å²) in [5.74, 6) is 1.23. The number of hydrogen-bond donors (Lipinski definition) is 0. The van der Waals surface area contributed by atoms with Gasteiger partial charge in [-0.15, -0.1) is 0 Å². The third-order valence-corrected chi connectivity index (χ3v) is 4.83. The topological polar surface area (TPSA) is 61.2 Å². The Morgan fingerprint density at radius 3 is 2.54 bits per heavy atom. The average molecular weight is 409 g/mol. The van der Waals surface area contributed by atoms with Crippen LogP contribution in [0, 0.1) is 0 Å². The quantitative estimate of drug-likeness (QED) is 0.626. The molecule has 0 fully saturated rings. The molecule has 0 spiro atoms. The second-order valence-corrected chi connectivity index (χ2v) is 8.60. The summed E-state index contributed by atoms with van der Waals surface area (Å²) < 4.78 is 32.0. The Morgan fingerprint density at radius 1 is 1.12 bits per heavy atom. The van der Waals surface area contributed by atoms with Gasteiger partial charge in [-0.3, -0.25) is 0 Å². The molecule has 0 aliphatic heterocycles. The highest BCUT2D eigenvalue weighted by atomic mass is 79.9. The van der Waals surface area contributed by atoms with Crippen LogP contribution in [0.4, 0.5) is 0 Å². The van der Waals surface area contributed by atoms with Gasteiger partial charge in [0, 0.05) is 10.7 Å². The molecule has 2 aromatic carbocycles. The van der Waals surface area contributed by atoms with Crippen LogP contribution in [-0.4, -0.2) is 30.8 Å². The molecule has 1 heterocycles. The van der Waals surface area contributed by atoms with Crippen molar-refractivity contribution < 1.29 is 13.2 Å². The van der Waals surface area contributed by atoms with Crippen molar-refractivity contribution in [2.45, 2.75) is 12.3 Å². The maximum Gasteiger partial charge on any atom is 0.154 e. The molecule has 0 aliphatic rings. The molecule has 0 saturated carbocycles. The Hall–Kier alpha value is -1.86. The van der Waals surface area contributed by atoms with Crippen LogP contribution in [0.1, 0.15) is 5.82 Å². The van der Waals surface area contributed by atoms with Gasteiger partial charge in [-0.1, -0.05) is 28.1 Å². The summed E-state index contributed by atoms with van der Waals surface area (Å²) in [5.41, 5.74) is 1.70. The van der Waals surface area contributed by atoms with E-state index in [2.05, 4.69) is 20.9 Å². The van der Waals surface area contributed by atoms with Crippen molar-refractivity contribution in [3.05, 3.63) is 58.8 Å². The van der Waals surface area contributed by atoms with Gasteiger partial charge in [0.05, 0.1) is 17.6 Å². The highest BCUT2D eigenvalue weighted by molar-refractivity contribution is 9.10. The van der Waals surface area contributed by atoms with E-state index < -0.39 is 9.84 Å². The number of aromatic nitrogens is 2. The van der Waals surface area contributed by atoms with E-state index in [-0.39, 0.29) is 5.75 Å².